The molecule has 0 fully saturated rings. The molecule has 1 amide bonds. The molecule has 0 saturated heterocycles. The molecule has 8 nitrogen and oxygen atoms in total. The molecule has 146 valence electrons. The lowest BCUT2D eigenvalue weighted by Crippen LogP contribution is -2.13. The highest BCUT2D eigenvalue weighted by molar-refractivity contribution is 6.32. The van der Waals surface area contributed by atoms with Crippen LogP contribution in [0.5, 0.6) is 11.5 Å². The number of carbonyl (C=O) groups is 1. The maximum atomic E-state index is 12.5. The highest BCUT2D eigenvalue weighted by atomic mass is 35.5. The number of nitrogens with zero attached hydrogens (tertiary/aromatic N) is 4. The number of halogens is 1. The Hall–Kier alpha value is -3.13. The number of carbonyl (C=O) groups excluding carboxylic acids is 1. The van der Waals surface area contributed by atoms with Crippen molar-refractivity contribution in [2.24, 2.45) is 0 Å². The molecule has 0 aliphatic rings. The van der Waals surface area contributed by atoms with Crippen molar-refractivity contribution in [2.75, 3.05) is 12.4 Å². The third-order valence-corrected chi connectivity index (χ3v) is 4.22. The molecule has 28 heavy (non-hydrogen) atoms. The SMILES string of the molecule is COc1ccc(NC(=O)c2cccc(OCc3nnnn3C(C)C)c2)cc1Cl. The number of hydrogen-bond acceptors (Lipinski definition) is 6. The molecule has 0 radical (unpaired) electrons. The van der Waals surface area contributed by atoms with Crippen LogP contribution in [0.4, 0.5) is 5.69 Å². The Balaban J connectivity index is 1.67. The summed E-state index contributed by atoms with van der Waals surface area (Å²) in [5, 5.41) is 14.8. The van der Waals surface area contributed by atoms with Crippen molar-refractivity contribution >= 4 is 23.2 Å². The van der Waals surface area contributed by atoms with Crippen LogP contribution in [-0.2, 0) is 6.61 Å². The van der Waals surface area contributed by atoms with Crippen molar-refractivity contribution in [3.05, 3.63) is 58.9 Å². The van der Waals surface area contributed by atoms with E-state index in [4.69, 9.17) is 21.1 Å². The number of ether oxygens (including phenoxy) is 2. The van der Waals surface area contributed by atoms with E-state index in [0.717, 1.165) is 0 Å². The van der Waals surface area contributed by atoms with Gasteiger partial charge in [-0.3, -0.25) is 4.79 Å². The Labute approximate surface area is 167 Å². The Morgan fingerprint density at radius 3 is 2.79 bits per heavy atom. The summed E-state index contributed by atoms with van der Waals surface area (Å²) < 4.78 is 12.5. The number of hydrogen-bond donors (Lipinski definition) is 1. The number of anilines is 1. The Morgan fingerprint density at radius 2 is 2.07 bits per heavy atom. The van der Waals surface area contributed by atoms with E-state index in [9.17, 15) is 4.79 Å². The number of nitrogens with one attached hydrogen (secondary N) is 1. The van der Waals surface area contributed by atoms with E-state index in [-0.39, 0.29) is 18.6 Å². The van der Waals surface area contributed by atoms with Gasteiger partial charge in [0.25, 0.3) is 5.91 Å². The third kappa shape index (κ3) is 4.58. The van der Waals surface area contributed by atoms with Crippen molar-refractivity contribution in [1.82, 2.24) is 20.2 Å². The van der Waals surface area contributed by atoms with E-state index in [0.29, 0.717) is 33.6 Å². The Bertz CT molecular complexity index is 974. The maximum absolute atomic E-state index is 12.5. The molecule has 1 N–H and O–H groups in total. The van der Waals surface area contributed by atoms with E-state index >= 15 is 0 Å². The third-order valence-electron chi connectivity index (χ3n) is 3.92. The van der Waals surface area contributed by atoms with Gasteiger partial charge in [-0.1, -0.05) is 17.7 Å². The summed E-state index contributed by atoms with van der Waals surface area (Å²) in [5.74, 6) is 1.41. The van der Waals surface area contributed by atoms with Gasteiger partial charge in [-0.15, -0.1) is 5.10 Å². The lowest BCUT2D eigenvalue weighted by molar-refractivity contribution is 0.102. The molecule has 0 atom stereocenters. The van der Waals surface area contributed by atoms with Crippen LogP contribution in [0.15, 0.2) is 42.5 Å². The fraction of sp³-hybridized carbons (Fsp3) is 0.263. The number of benzene rings is 2. The van der Waals surface area contributed by atoms with Gasteiger partial charge in [0, 0.05) is 11.3 Å². The molecule has 2 aromatic carbocycles. The average molecular weight is 402 g/mol. The second-order valence-electron chi connectivity index (χ2n) is 6.25. The van der Waals surface area contributed by atoms with Gasteiger partial charge in [-0.2, -0.15) is 0 Å². The van der Waals surface area contributed by atoms with Crippen LogP contribution >= 0.6 is 11.6 Å². The molecule has 0 aliphatic heterocycles. The monoisotopic (exact) mass is 401 g/mol. The second-order valence-corrected chi connectivity index (χ2v) is 6.66. The summed E-state index contributed by atoms with van der Waals surface area (Å²) in [4.78, 5) is 12.5. The van der Waals surface area contributed by atoms with E-state index in [1.54, 1.807) is 47.1 Å². The van der Waals surface area contributed by atoms with Crippen LogP contribution in [0.1, 0.15) is 36.1 Å². The van der Waals surface area contributed by atoms with E-state index in [2.05, 4.69) is 20.8 Å². The minimum atomic E-state index is -0.279. The van der Waals surface area contributed by atoms with Gasteiger partial charge in [-0.05, 0) is 60.7 Å². The first kappa shape index (κ1) is 19.6. The molecule has 3 rings (SSSR count). The first-order valence-electron chi connectivity index (χ1n) is 8.62. The summed E-state index contributed by atoms with van der Waals surface area (Å²) in [7, 11) is 1.53. The summed E-state index contributed by atoms with van der Waals surface area (Å²) >= 11 is 6.09. The number of tetrazole rings is 1. The zero-order valence-corrected chi connectivity index (χ0v) is 16.5. The molecule has 1 heterocycles. The van der Waals surface area contributed by atoms with Gasteiger partial charge >= 0.3 is 0 Å². The molecule has 9 heteroatoms. The predicted molar refractivity (Wildman–Crippen MR) is 105 cm³/mol. The minimum Gasteiger partial charge on any atom is -0.495 e. The standard InChI is InChI=1S/C19H20ClN5O3/c1-12(2)25-18(22-23-24-25)11-28-15-6-4-5-13(9-15)19(26)21-14-7-8-17(27-3)16(20)10-14/h4-10,12H,11H2,1-3H3,(H,21,26). The highest BCUT2D eigenvalue weighted by Gasteiger charge is 2.12. The molecule has 0 unspecified atom stereocenters. The summed E-state index contributed by atoms with van der Waals surface area (Å²) in [6.07, 6.45) is 0. The van der Waals surface area contributed by atoms with E-state index in [1.165, 1.54) is 7.11 Å². The molecule has 0 spiro atoms. The van der Waals surface area contributed by atoms with Gasteiger partial charge in [0.2, 0.25) is 0 Å². The number of methoxy groups -OCH3 is 1. The molecular formula is C19H20ClN5O3. The highest BCUT2D eigenvalue weighted by Crippen LogP contribution is 2.27. The number of aromatic nitrogens is 4. The van der Waals surface area contributed by atoms with Gasteiger partial charge in [0.15, 0.2) is 5.82 Å². The lowest BCUT2D eigenvalue weighted by Gasteiger charge is -2.11. The van der Waals surface area contributed by atoms with Crippen molar-refractivity contribution in [3.8, 4) is 11.5 Å². The van der Waals surface area contributed by atoms with Crippen LogP contribution in [0, 0.1) is 0 Å². The van der Waals surface area contributed by atoms with Gasteiger partial charge in [0.05, 0.1) is 18.2 Å². The van der Waals surface area contributed by atoms with Crippen molar-refractivity contribution < 1.29 is 14.3 Å². The molecular weight excluding hydrogens is 382 g/mol. The van der Waals surface area contributed by atoms with Crippen LogP contribution in [0.3, 0.4) is 0 Å². The number of amides is 1. The zero-order valence-electron chi connectivity index (χ0n) is 15.7. The quantitative estimate of drug-likeness (QED) is 0.648. The molecule has 0 aliphatic carbocycles. The Morgan fingerprint density at radius 1 is 1.25 bits per heavy atom. The molecule has 3 aromatic rings. The molecule has 1 aromatic heterocycles. The Kier molecular flexibility index (Phi) is 6.10. The van der Waals surface area contributed by atoms with E-state index in [1.807, 2.05) is 13.8 Å². The average Bonchev–Trinajstić information content (AvgIpc) is 3.16. The predicted octanol–water partition coefficient (Wildman–Crippen LogP) is 3.75. The second kappa shape index (κ2) is 8.71. The van der Waals surface area contributed by atoms with Crippen LogP contribution in [0.25, 0.3) is 0 Å². The fourth-order valence-corrected chi connectivity index (χ4v) is 2.79. The topological polar surface area (TPSA) is 91.2 Å². The van der Waals surface area contributed by atoms with Gasteiger partial charge < -0.3 is 14.8 Å². The molecule has 0 bridgehead atoms. The van der Waals surface area contributed by atoms with Gasteiger partial charge in [-0.25, -0.2) is 4.68 Å². The summed E-state index contributed by atoms with van der Waals surface area (Å²) in [6.45, 7) is 4.16. The largest absolute Gasteiger partial charge is 0.495 e. The van der Waals surface area contributed by atoms with Gasteiger partial charge in [0.1, 0.15) is 18.1 Å². The number of rotatable bonds is 7. The minimum absolute atomic E-state index is 0.127. The summed E-state index contributed by atoms with van der Waals surface area (Å²) in [5.41, 5.74) is 1.02. The van der Waals surface area contributed by atoms with Crippen LogP contribution < -0.4 is 14.8 Å². The smallest absolute Gasteiger partial charge is 0.255 e. The van der Waals surface area contributed by atoms with Crippen LogP contribution in [-0.4, -0.2) is 33.2 Å². The van der Waals surface area contributed by atoms with Crippen molar-refractivity contribution in [3.63, 3.8) is 0 Å². The summed E-state index contributed by atoms with van der Waals surface area (Å²) in [6, 6.07) is 12.0. The zero-order chi connectivity index (χ0) is 20.1. The van der Waals surface area contributed by atoms with Crippen molar-refractivity contribution in [2.45, 2.75) is 26.5 Å². The normalized spacial score (nSPS) is 10.8. The lowest BCUT2D eigenvalue weighted by atomic mass is 10.2. The van der Waals surface area contributed by atoms with Crippen LogP contribution in [0.2, 0.25) is 5.02 Å². The fourth-order valence-electron chi connectivity index (χ4n) is 2.53. The molecule has 0 saturated carbocycles. The van der Waals surface area contributed by atoms with Crippen molar-refractivity contribution in [1.29, 1.82) is 0 Å². The first-order chi connectivity index (χ1) is 13.5. The maximum Gasteiger partial charge on any atom is 0.255 e. The first-order valence-corrected chi connectivity index (χ1v) is 9.00. The van der Waals surface area contributed by atoms with E-state index < -0.39 is 0 Å².